The minimum absolute atomic E-state index is 0.606. The molecule has 0 saturated carbocycles. The molecule has 88 valence electrons. The zero-order valence-corrected chi connectivity index (χ0v) is 9.82. The maximum absolute atomic E-state index is 4.44. The van der Waals surface area contributed by atoms with Crippen LogP contribution in [0.1, 0.15) is 12.8 Å². The van der Waals surface area contributed by atoms with E-state index in [4.69, 9.17) is 0 Å². The van der Waals surface area contributed by atoms with Gasteiger partial charge < -0.3 is 10.6 Å². The Morgan fingerprint density at radius 1 is 1.29 bits per heavy atom. The van der Waals surface area contributed by atoms with Crippen molar-refractivity contribution in [2.45, 2.75) is 18.9 Å². The smallest absolute Gasteiger partial charge is 0.0933 e. The topological polar surface area (TPSA) is 37.0 Å². The Morgan fingerprint density at radius 3 is 3.12 bits per heavy atom. The van der Waals surface area contributed by atoms with E-state index in [0.29, 0.717) is 6.04 Å². The normalized spacial score (nSPS) is 19.6. The Balaban J connectivity index is 1.79. The van der Waals surface area contributed by atoms with Crippen molar-refractivity contribution in [3.8, 4) is 0 Å². The number of fused-ring (bicyclic) bond motifs is 1. The van der Waals surface area contributed by atoms with Crippen molar-refractivity contribution in [3.63, 3.8) is 0 Å². The molecular formula is C14H17N3. The van der Waals surface area contributed by atoms with Crippen LogP contribution in [0.4, 0.5) is 5.69 Å². The van der Waals surface area contributed by atoms with E-state index >= 15 is 0 Å². The first-order valence-corrected chi connectivity index (χ1v) is 6.24. The monoisotopic (exact) mass is 227 g/mol. The van der Waals surface area contributed by atoms with Crippen LogP contribution in [-0.2, 0) is 0 Å². The number of hydrogen-bond acceptors (Lipinski definition) is 3. The van der Waals surface area contributed by atoms with Gasteiger partial charge in [-0.3, -0.25) is 4.98 Å². The summed E-state index contributed by atoms with van der Waals surface area (Å²) in [5.74, 6) is 0. The summed E-state index contributed by atoms with van der Waals surface area (Å²) in [6.07, 6.45) is 4.41. The second-order valence-electron chi connectivity index (χ2n) is 4.55. The van der Waals surface area contributed by atoms with Gasteiger partial charge in [-0.1, -0.05) is 18.2 Å². The van der Waals surface area contributed by atoms with E-state index in [1.807, 2.05) is 12.3 Å². The largest absolute Gasteiger partial charge is 0.382 e. The van der Waals surface area contributed by atoms with Gasteiger partial charge in [0.15, 0.2) is 0 Å². The number of aromatic nitrogens is 1. The summed E-state index contributed by atoms with van der Waals surface area (Å²) >= 11 is 0. The van der Waals surface area contributed by atoms with E-state index in [1.165, 1.54) is 18.2 Å². The summed E-state index contributed by atoms with van der Waals surface area (Å²) < 4.78 is 0. The molecule has 3 rings (SSSR count). The summed E-state index contributed by atoms with van der Waals surface area (Å²) in [7, 11) is 0. The van der Waals surface area contributed by atoms with Gasteiger partial charge >= 0.3 is 0 Å². The fraction of sp³-hybridized carbons (Fsp3) is 0.357. The zero-order chi connectivity index (χ0) is 11.5. The molecular weight excluding hydrogens is 210 g/mol. The Kier molecular flexibility index (Phi) is 2.92. The summed E-state index contributed by atoms with van der Waals surface area (Å²) in [4.78, 5) is 4.44. The van der Waals surface area contributed by atoms with Gasteiger partial charge in [0.1, 0.15) is 0 Å². The summed E-state index contributed by atoms with van der Waals surface area (Å²) in [5, 5.41) is 8.19. The van der Waals surface area contributed by atoms with E-state index in [1.54, 1.807) is 0 Å². The Bertz CT molecular complexity index is 498. The number of para-hydroxylation sites is 1. The van der Waals surface area contributed by atoms with Crippen LogP contribution < -0.4 is 10.6 Å². The fourth-order valence-electron chi connectivity index (χ4n) is 2.41. The SMILES string of the molecule is c1cnc2c(NCC3CCCN3)cccc2c1. The van der Waals surface area contributed by atoms with E-state index in [2.05, 4.69) is 39.9 Å². The van der Waals surface area contributed by atoms with Gasteiger partial charge in [0, 0.05) is 24.2 Å². The first-order chi connectivity index (χ1) is 8.43. The second-order valence-corrected chi connectivity index (χ2v) is 4.55. The molecule has 1 aliphatic heterocycles. The van der Waals surface area contributed by atoms with Crippen LogP contribution in [0.15, 0.2) is 36.5 Å². The van der Waals surface area contributed by atoms with Crippen LogP contribution in [0.25, 0.3) is 10.9 Å². The molecule has 3 nitrogen and oxygen atoms in total. The third-order valence-electron chi connectivity index (χ3n) is 3.33. The van der Waals surface area contributed by atoms with Crippen molar-refractivity contribution < 1.29 is 0 Å². The highest BCUT2D eigenvalue weighted by molar-refractivity contribution is 5.90. The Hall–Kier alpha value is -1.61. The number of benzene rings is 1. The highest BCUT2D eigenvalue weighted by Crippen LogP contribution is 2.20. The molecule has 1 saturated heterocycles. The Labute approximate surface area is 101 Å². The molecule has 0 amide bonds. The highest BCUT2D eigenvalue weighted by atomic mass is 15.0. The predicted molar refractivity (Wildman–Crippen MR) is 71.3 cm³/mol. The summed E-state index contributed by atoms with van der Waals surface area (Å²) in [6.45, 7) is 2.13. The van der Waals surface area contributed by atoms with Crippen molar-refractivity contribution in [1.29, 1.82) is 0 Å². The second kappa shape index (κ2) is 4.72. The van der Waals surface area contributed by atoms with Gasteiger partial charge in [0.2, 0.25) is 0 Å². The molecule has 17 heavy (non-hydrogen) atoms. The molecule has 2 N–H and O–H groups in total. The van der Waals surface area contributed by atoms with E-state index in [0.717, 1.165) is 24.3 Å². The van der Waals surface area contributed by atoms with Crippen LogP contribution in [0.5, 0.6) is 0 Å². The fourth-order valence-corrected chi connectivity index (χ4v) is 2.41. The molecule has 2 heterocycles. The van der Waals surface area contributed by atoms with Crippen LogP contribution in [0.2, 0.25) is 0 Å². The van der Waals surface area contributed by atoms with Gasteiger partial charge in [-0.15, -0.1) is 0 Å². The minimum Gasteiger partial charge on any atom is -0.382 e. The van der Waals surface area contributed by atoms with Crippen LogP contribution in [0.3, 0.4) is 0 Å². The van der Waals surface area contributed by atoms with Crippen molar-refractivity contribution >= 4 is 16.6 Å². The average Bonchev–Trinajstić information content (AvgIpc) is 2.89. The first kappa shape index (κ1) is 10.5. The van der Waals surface area contributed by atoms with Gasteiger partial charge in [-0.25, -0.2) is 0 Å². The molecule has 1 aromatic carbocycles. The van der Waals surface area contributed by atoms with E-state index < -0.39 is 0 Å². The highest BCUT2D eigenvalue weighted by Gasteiger charge is 2.13. The van der Waals surface area contributed by atoms with Crippen molar-refractivity contribution in [2.24, 2.45) is 0 Å². The lowest BCUT2D eigenvalue weighted by Gasteiger charge is -2.13. The van der Waals surface area contributed by atoms with Gasteiger partial charge in [0.05, 0.1) is 11.2 Å². The molecule has 0 aliphatic carbocycles. The molecule has 1 unspecified atom stereocenters. The minimum atomic E-state index is 0.606. The van der Waals surface area contributed by atoms with Crippen molar-refractivity contribution in [2.75, 3.05) is 18.4 Å². The summed E-state index contributed by atoms with van der Waals surface area (Å²) in [5.41, 5.74) is 2.20. The standard InChI is InChI=1S/C14H17N3/c1-4-11-5-2-9-16-14(11)13(7-1)17-10-12-6-3-8-15-12/h1-2,4-5,7,9,12,15,17H,3,6,8,10H2. The molecule has 1 fully saturated rings. The lowest BCUT2D eigenvalue weighted by molar-refractivity contribution is 0.634. The zero-order valence-electron chi connectivity index (χ0n) is 9.82. The van der Waals surface area contributed by atoms with Gasteiger partial charge in [-0.05, 0) is 31.5 Å². The van der Waals surface area contributed by atoms with Gasteiger partial charge in [0.25, 0.3) is 0 Å². The number of nitrogens with one attached hydrogen (secondary N) is 2. The number of nitrogens with zero attached hydrogens (tertiary/aromatic N) is 1. The average molecular weight is 227 g/mol. The lowest BCUT2D eigenvalue weighted by atomic mass is 10.1. The number of rotatable bonds is 3. The molecule has 1 atom stereocenters. The maximum Gasteiger partial charge on any atom is 0.0933 e. The first-order valence-electron chi connectivity index (χ1n) is 6.24. The molecule has 0 bridgehead atoms. The predicted octanol–water partition coefficient (Wildman–Crippen LogP) is 2.40. The summed E-state index contributed by atoms with van der Waals surface area (Å²) in [6, 6.07) is 11.0. The quantitative estimate of drug-likeness (QED) is 0.845. The lowest BCUT2D eigenvalue weighted by Crippen LogP contribution is -2.29. The number of hydrogen-bond donors (Lipinski definition) is 2. The Morgan fingerprint density at radius 2 is 2.24 bits per heavy atom. The molecule has 3 heteroatoms. The van der Waals surface area contributed by atoms with Crippen LogP contribution in [-0.4, -0.2) is 24.1 Å². The van der Waals surface area contributed by atoms with Crippen molar-refractivity contribution in [1.82, 2.24) is 10.3 Å². The van der Waals surface area contributed by atoms with Crippen molar-refractivity contribution in [3.05, 3.63) is 36.5 Å². The molecule has 1 aliphatic rings. The molecule has 0 radical (unpaired) electrons. The van der Waals surface area contributed by atoms with Crippen LogP contribution in [0, 0.1) is 0 Å². The van der Waals surface area contributed by atoms with E-state index in [9.17, 15) is 0 Å². The number of anilines is 1. The third-order valence-corrected chi connectivity index (χ3v) is 3.33. The maximum atomic E-state index is 4.44. The van der Waals surface area contributed by atoms with Crippen LogP contribution >= 0.6 is 0 Å². The number of pyridine rings is 1. The molecule has 0 spiro atoms. The van der Waals surface area contributed by atoms with E-state index in [-0.39, 0.29) is 0 Å². The van der Waals surface area contributed by atoms with Gasteiger partial charge in [-0.2, -0.15) is 0 Å². The molecule has 1 aromatic heterocycles. The molecule has 2 aromatic rings. The third kappa shape index (κ3) is 2.24.